The maximum atomic E-state index is 13.1. The van der Waals surface area contributed by atoms with Crippen LogP contribution in [0.15, 0.2) is 47.5 Å². The van der Waals surface area contributed by atoms with E-state index in [4.69, 9.17) is 0 Å². The summed E-state index contributed by atoms with van der Waals surface area (Å²) in [5.41, 5.74) is 3.67. The van der Waals surface area contributed by atoms with Crippen LogP contribution >= 0.6 is 0 Å². The van der Waals surface area contributed by atoms with Crippen molar-refractivity contribution in [3.63, 3.8) is 0 Å². The number of halogens is 1. The van der Waals surface area contributed by atoms with Crippen LogP contribution < -0.4 is 16.0 Å². The number of rotatable bonds is 6. The summed E-state index contributed by atoms with van der Waals surface area (Å²) in [5.74, 6) is 0.356. The normalized spacial score (nSPS) is 11.2. The highest BCUT2D eigenvalue weighted by molar-refractivity contribution is 5.94. The molecule has 0 fully saturated rings. The lowest BCUT2D eigenvalue weighted by Crippen LogP contribution is -2.38. The first-order valence-corrected chi connectivity index (χ1v) is 8.54. The standard InChI is InChI=1S/C20H25FN4O/c1-14-11-18(21)8-7-16(14)9-10-24-20(23-3)25-13-15-5-4-6-17(12-15)19(26)22-2/h4-8,11-12H,9-10,13H2,1-3H3,(H,22,26)(H2,23,24,25). The van der Waals surface area contributed by atoms with E-state index in [1.807, 2.05) is 31.2 Å². The first kappa shape index (κ1) is 19.4. The lowest BCUT2D eigenvalue weighted by atomic mass is 10.1. The van der Waals surface area contributed by atoms with E-state index in [-0.39, 0.29) is 11.7 Å². The molecular weight excluding hydrogens is 331 g/mol. The third kappa shape index (κ3) is 5.58. The average molecular weight is 356 g/mol. The molecule has 0 spiro atoms. The molecule has 5 nitrogen and oxygen atoms in total. The zero-order valence-corrected chi connectivity index (χ0v) is 15.4. The van der Waals surface area contributed by atoms with Crippen molar-refractivity contribution in [1.82, 2.24) is 16.0 Å². The van der Waals surface area contributed by atoms with Gasteiger partial charge in [-0.05, 0) is 54.3 Å². The summed E-state index contributed by atoms with van der Waals surface area (Å²) in [6.07, 6.45) is 0.777. The molecule has 0 unspecified atom stereocenters. The highest BCUT2D eigenvalue weighted by atomic mass is 19.1. The van der Waals surface area contributed by atoms with Crippen LogP contribution in [0, 0.1) is 12.7 Å². The van der Waals surface area contributed by atoms with E-state index < -0.39 is 0 Å². The fourth-order valence-electron chi connectivity index (χ4n) is 2.63. The number of aliphatic imine (C=N–C) groups is 1. The van der Waals surface area contributed by atoms with Gasteiger partial charge in [0.05, 0.1) is 0 Å². The van der Waals surface area contributed by atoms with Crippen LogP contribution in [0.4, 0.5) is 4.39 Å². The van der Waals surface area contributed by atoms with Crippen molar-refractivity contribution in [1.29, 1.82) is 0 Å². The summed E-state index contributed by atoms with van der Waals surface area (Å²) in [5, 5.41) is 9.09. The summed E-state index contributed by atoms with van der Waals surface area (Å²) >= 11 is 0. The van der Waals surface area contributed by atoms with E-state index in [1.54, 1.807) is 26.2 Å². The van der Waals surface area contributed by atoms with Crippen molar-refractivity contribution in [3.8, 4) is 0 Å². The van der Waals surface area contributed by atoms with Gasteiger partial charge in [0.2, 0.25) is 0 Å². The number of carbonyl (C=O) groups excluding carboxylic acids is 1. The van der Waals surface area contributed by atoms with E-state index in [9.17, 15) is 9.18 Å². The molecule has 2 aromatic carbocycles. The predicted molar refractivity (Wildman–Crippen MR) is 103 cm³/mol. The molecule has 26 heavy (non-hydrogen) atoms. The van der Waals surface area contributed by atoms with Gasteiger partial charge in [-0.1, -0.05) is 18.2 Å². The summed E-state index contributed by atoms with van der Waals surface area (Å²) in [6, 6.07) is 12.3. The third-order valence-electron chi connectivity index (χ3n) is 4.09. The maximum Gasteiger partial charge on any atom is 0.251 e. The molecular formula is C20H25FN4O. The van der Waals surface area contributed by atoms with Crippen molar-refractivity contribution >= 4 is 11.9 Å². The number of nitrogens with zero attached hydrogens (tertiary/aromatic N) is 1. The van der Waals surface area contributed by atoms with Crippen LogP contribution in [-0.2, 0) is 13.0 Å². The van der Waals surface area contributed by atoms with Gasteiger partial charge < -0.3 is 16.0 Å². The molecule has 0 atom stereocenters. The summed E-state index contributed by atoms with van der Waals surface area (Å²) < 4.78 is 13.1. The number of hydrogen-bond donors (Lipinski definition) is 3. The molecule has 0 bridgehead atoms. The van der Waals surface area contributed by atoms with Crippen molar-refractivity contribution in [2.75, 3.05) is 20.6 Å². The van der Waals surface area contributed by atoms with Crippen LogP contribution in [0.5, 0.6) is 0 Å². The van der Waals surface area contributed by atoms with E-state index in [1.165, 1.54) is 6.07 Å². The van der Waals surface area contributed by atoms with Gasteiger partial charge in [0.15, 0.2) is 5.96 Å². The highest BCUT2D eigenvalue weighted by Crippen LogP contribution is 2.10. The minimum Gasteiger partial charge on any atom is -0.356 e. The molecule has 138 valence electrons. The Morgan fingerprint density at radius 2 is 1.96 bits per heavy atom. The molecule has 2 rings (SSSR count). The van der Waals surface area contributed by atoms with Crippen molar-refractivity contribution in [3.05, 3.63) is 70.5 Å². The zero-order valence-electron chi connectivity index (χ0n) is 15.4. The van der Waals surface area contributed by atoms with Crippen LogP contribution in [0.25, 0.3) is 0 Å². The summed E-state index contributed by atoms with van der Waals surface area (Å²) in [6.45, 7) is 3.15. The molecule has 6 heteroatoms. The molecule has 0 aliphatic rings. The molecule has 0 heterocycles. The van der Waals surface area contributed by atoms with Gasteiger partial charge in [-0.15, -0.1) is 0 Å². The van der Waals surface area contributed by atoms with Crippen LogP contribution in [0.3, 0.4) is 0 Å². The Bertz CT molecular complexity index is 789. The Kier molecular flexibility index (Phi) is 7.14. The molecule has 2 aromatic rings. The predicted octanol–water partition coefficient (Wildman–Crippen LogP) is 2.40. The first-order valence-electron chi connectivity index (χ1n) is 8.54. The number of benzene rings is 2. The van der Waals surface area contributed by atoms with Gasteiger partial charge in [-0.2, -0.15) is 0 Å². The van der Waals surface area contributed by atoms with E-state index in [0.29, 0.717) is 24.6 Å². The molecule has 0 saturated heterocycles. The van der Waals surface area contributed by atoms with Crippen molar-refractivity contribution < 1.29 is 9.18 Å². The van der Waals surface area contributed by atoms with E-state index >= 15 is 0 Å². The van der Waals surface area contributed by atoms with Gasteiger partial charge in [-0.3, -0.25) is 9.79 Å². The van der Waals surface area contributed by atoms with Crippen molar-refractivity contribution in [2.24, 2.45) is 4.99 Å². The van der Waals surface area contributed by atoms with Crippen LogP contribution in [0.1, 0.15) is 27.0 Å². The second-order valence-electron chi connectivity index (χ2n) is 5.95. The number of nitrogens with one attached hydrogen (secondary N) is 3. The van der Waals surface area contributed by atoms with Gasteiger partial charge in [0, 0.05) is 32.7 Å². The lowest BCUT2D eigenvalue weighted by Gasteiger charge is -2.13. The SMILES string of the molecule is CN=C(NCCc1ccc(F)cc1C)NCc1cccc(C(=O)NC)c1. The lowest BCUT2D eigenvalue weighted by molar-refractivity contribution is 0.0963. The Labute approximate surface area is 153 Å². The number of hydrogen-bond acceptors (Lipinski definition) is 2. The fraction of sp³-hybridized carbons (Fsp3) is 0.300. The Hall–Kier alpha value is -2.89. The van der Waals surface area contributed by atoms with Gasteiger partial charge >= 0.3 is 0 Å². The molecule has 0 saturated carbocycles. The van der Waals surface area contributed by atoms with Crippen LogP contribution in [-0.4, -0.2) is 32.5 Å². The van der Waals surface area contributed by atoms with Gasteiger partial charge in [0.25, 0.3) is 5.91 Å². The smallest absolute Gasteiger partial charge is 0.251 e. The van der Waals surface area contributed by atoms with E-state index in [2.05, 4.69) is 20.9 Å². The third-order valence-corrected chi connectivity index (χ3v) is 4.09. The average Bonchev–Trinajstić information content (AvgIpc) is 2.65. The maximum absolute atomic E-state index is 13.1. The van der Waals surface area contributed by atoms with Gasteiger partial charge in [0.1, 0.15) is 5.82 Å². The van der Waals surface area contributed by atoms with Crippen LogP contribution in [0.2, 0.25) is 0 Å². The molecule has 3 N–H and O–H groups in total. The Morgan fingerprint density at radius 1 is 1.15 bits per heavy atom. The quantitative estimate of drug-likeness (QED) is 0.550. The highest BCUT2D eigenvalue weighted by Gasteiger charge is 2.05. The summed E-state index contributed by atoms with van der Waals surface area (Å²) in [7, 11) is 3.32. The number of carbonyl (C=O) groups is 1. The second-order valence-corrected chi connectivity index (χ2v) is 5.95. The monoisotopic (exact) mass is 356 g/mol. The topological polar surface area (TPSA) is 65.5 Å². The second kappa shape index (κ2) is 9.56. The van der Waals surface area contributed by atoms with Crippen molar-refractivity contribution in [2.45, 2.75) is 19.9 Å². The zero-order chi connectivity index (χ0) is 18.9. The minimum absolute atomic E-state index is 0.107. The fourth-order valence-corrected chi connectivity index (χ4v) is 2.63. The van der Waals surface area contributed by atoms with Gasteiger partial charge in [-0.25, -0.2) is 4.39 Å². The molecule has 0 aliphatic carbocycles. The summed E-state index contributed by atoms with van der Waals surface area (Å²) in [4.78, 5) is 15.9. The van der Waals surface area contributed by atoms with E-state index in [0.717, 1.165) is 23.1 Å². The number of amides is 1. The number of aryl methyl sites for hydroxylation is 1. The molecule has 0 aromatic heterocycles. The molecule has 1 amide bonds. The number of guanidine groups is 1. The molecule has 0 radical (unpaired) electrons. The first-order chi connectivity index (χ1) is 12.5. The Morgan fingerprint density at radius 3 is 2.65 bits per heavy atom. The minimum atomic E-state index is -0.212. The Balaban J connectivity index is 1.85. The largest absolute Gasteiger partial charge is 0.356 e. The molecule has 0 aliphatic heterocycles.